The van der Waals surface area contributed by atoms with Gasteiger partial charge in [0.25, 0.3) is 0 Å². The summed E-state index contributed by atoms with van der Waals surface area (Å²) in [5, 5.41) is 0. The van der Waals surface area contributed by atoms with Gasteiger partial charge in [-0.15, -0.1) is 0 Å². The lowest BCUT2D eigenvalue weighted by atomic mass is 10.3. The normalized spacial score (nSPS) is 11.9. The summed E-state index contributed by atoms with van der Waals surface area (Å²) in [6.07, 6.45) is 1.79. The van der Waals surface area contributed by atoms with E-state index in [4.69, 9.17) is 0 Å². The predicted octanol–water partition coefficient (Wildman–Crippen LogP) is 2.07. The van der Waals surface area contributed by atoms with Gasteiger partial charge in [0.2, 0.25) is 0 Å². The molecular formula is C12H18N4. The highest BCUT2D eigenvalue weighted by Gasteiger charge is 2.13. The molecular weight excluding hydrogens is 200 g/mol. The molecule has 4 nitrogen and oxygen atoms in total. The largest absolute Gasteiger partial charge is 0.323 e. The van der Waals surface area contributed by atoms with Crippen LogP contribution in [0.15, 0.2) is 18.3 Å². The maximum atomic E-state index is 4.58. The van der Waals surface area contributed by atoms with Crippen LogP contribution in [0.1, 0.15) is 25.7 Å². The van der Waals surface area contributed by atoms with Crippen LogP contribution in [-0.2, 0) is 6.54 Å². The molecule has 0 fully saturated rings. The minimum atomic E-state index is 0.407. The molecule has 0 radical (unpaired) electrons. The van der Waals surface area contributed by atoms with E-state index in [1.165, 1.54) is 0 Å². The molecule has 0 aromatic carbocycles. The Bertz CT molecular complexity index is 485. The van der Waals surface area contributed by atoms with Crippen LogP contribution in [0.4, 0.5) is 0 Å². The zero-order valence-corrected chi connectivity index (χ0v) is 10.3. The molecule has 0 spiro atoms. The molecule has 0 aliphatic rings. The summed E-state index contributed by atoms with van der Waals surface area (Å²) in [5.74, 6) is 1.08. The Balaban J connectivity index is 2.58. The fourth-order valence-corrected chi connectivity index (χ4v) is 1.95. The number of pyridine rings is 1. The van der Waals surface area contributed by atoms with Gasteiger partial charge in [0.05, 0.1) is 12.1 Å². The van der Waals surface area contributed by atoms with E-state index >= 15 is 0 Å². The summed E-state index contributed by atoms with van der Waals surface area (Å²) >= 11 is 0. The van der Waals surface area contributed by atoms with Crippen molar-refractivity contribution in [3.8, 4) is 0 Å². The van der Waals surface area contributed by atoms with Crippen molar-refractivity contribution < 1.29 is 0 Å². The Labute approximate surface area is 95.9 Å². The third-order valence-electron chi connectivity index (χ3n) is 2.51. The van der Waals surface area contributed by atoms with Gasteiger partial charge in [0.1, 0.15) is 5.82 Å². The van der Waals surface area contributed by atoms with Gasteiger partial charge in [-0.3, -0.25) is 0 Å². The van der Waals surface area contributed by atoms with Crippen molar-refractivity contribution in [3.63, 3.8) is 0 Å². The third-order valence-corrected chi connectivity index (χ3v) is 2.51. The van der Waals surface area contributed by atoms with Crippen LogP contribution in [0, 0.1) is 0 Å². The maximum absolute atomic E-state index is 4.58. The minimum Gasteiger partial charge on any atom is -0.323 e. The van der Waals surface area contributed by atoms with Crippen molar-refractivity contribution in [1.29, 1.82) is 0 Å². The number of imidazole rings is 1. The predicted molar refractivity (Wildman–Crippen MR) is 65.3 cm³/mol. The van der Waals surface area contributed by atoms with E-state index in [9.17, 15) is 0 Å². The lowest BCUT2D eigenvalue weighted by Crippen LogP contribution is -2.16. The number of aromatic nitrogens is 3. The van der Waals surface area contributed by atoms with E-state index in [-0.39, 0.29) is 0 Å². The Hall–Kier alpha value is -1.42. The van der Waals surface area contributed by atoms with Crippen molar-refractivity contribution in [2.75, 3.05) is 14.1 Å². The SMILES string of the molecule is CC(C)n1c(CN(C)C)nc2ncccc21. The Morgan fingerprint density at radius 1 is 1.38 bits per heavy atom. The number of hydrogen-bond acceptors (Lipinski definition) is 3. The van der Waals surface area contributed by atoms with E-state index in [0.29, 0.717) is 6.04 Å². The zero-order valence-electron chi connectivity index (χ0n) is 10.3. The summed E-state index contributed by atoms with van der Waals surface area (Å²) in [6.45, 7) is 5.19. The quantitative estimate of drug-likeness (QED) is 0.791. The van der Waals surface area contributed by atoms with Crippen LogP contribution in [-0.4, -0.2) is 33.5 Å². The molecule has 0 amide bonds. The van der Waals surface area contributed by atoms with Gasteiger partial charge in [-0.05, 0) is 40.1 Å². The fourth-order valence-electron chi connectivity index (χ4n) is 1.95. The van der Waals surface area contributed by atoms with Gasteiger partial charge in [-0.1, -0.05) is 0 Å². The van der Waals surface area contributed by atoms with Crippen LogP contribution in [0.25, 0.3) is 11.2 Å². The first-order chi connectivity index (χ1) is 7.59. The first-order valence-corrected chi connectivity index (χ1v) is 5.56. The van der Waals surface area contributed by atoms with Crippen molar-refractivity contribution >= 4 is 11.2 Å². The molecule has 0 aliphatic carbocycles. The average Bonchev–Trinajstić information content (AvgIpc) is 2.53. The molecule has 2 aromatic rings. The molecule has 86 valence electrons. The van der Waals surface area contributed by atoms with Gasteiger partial charge >= 0.3 is 0 Å². The second-order valence-electron chi connectivity index (χ2n) is 4.58. The zero-order chi connectivity index (χ0) is 11.7. The number of nitrogens with zero attached hydrogens (tertiary/aromatic N) is 4. The Morgan fingerprint density at radius 2 is 2.12 bits per heavy atom. The summed E-state index contributed by atoms with van der Waals surface area (Å²) in [7, 11) is 4.11. The molecule has 2 heterocycles. The van der Waals surface area contributed by atoms with E-state index in [0.717, 1.165) is 23.5 Å². The lowest BCUT2D eigenvalue weighted by molar-refractivity contribution is 0.377. The fraction of sp³-hybridized carbons (Fsp3) is 0.500. The highest BCUT2D eigenvalue weighted by Crippen LogP contribution is 2.19. The molecule has 0 atom stereocenters. The Morgan fingerprint density at radius 3 is 2.75 bits per heavy atom. The van der Waals surface area contributed by atoms with Gasteiger partial charge < -0.3 is 9.47 Å². The van der Waals surface area contributed by atoms with Crippen LogP contribution < -0.4 is 0 Å². The lowest BCUT2D eigenvalue weighted by Gasteiger charge is -2.15. The molecule has 4 heteroatoms. The molecule has 16 heavy (non-hydrogen) atoms. The second-order valence-corrected chi connectivity index (χ2v) is 4.58. The summed E-state index contributed by atoms with van der Waals surface area (Å²) in [6, 6.07) is 4.45. The summed E-state index contributed by atoms with van der Waals surface area (Å²) < 4.78 is 2.25. The topological polar surface area (TPSA) is 34.0 Å². The van der Waals surface area contributed by atoms with E-state index in [1.54, 1.807) is 6.20 Å². The summed E-state index contributed by atoms with van der Waals surface area (Å²) in [5.41, 5.74) is 1.96. The van der Waals surface area contributed by atoms with Crippen LogP contribution in [0.5, 0.6) is 0 Å². The van der Waals surface area contributed by atoms with Crippen molar-refractivity contribution in [2.24, 2.45) is 0 Å². The average molecular weight is 218 g/mol. The van der Waals surface area contributed by atoms with E-state index in [1.807, 2.05) is 6.07 Å². The number of fused-ring (bicyclic) bond motifs is 1. The van der Waals surface area contributed by atoms with Gasteiger partial charge in [-0.25, -0.2) is 9.97 Å². The Kier molecular flexibility index (Phi) is 2.92. The summed E-state index contributed by atoms with van der Waals surface area (Å²) in [4.78, 5) is 11.0. The van der Waals surface area contributed by atoms with E-state index in [2.05, 4.69) is 53.4 Å². The first kappa shape index (κ1) is 11.1. The molecule has 0 aliphatic heterocycles. The molecule has 0 saturated carbocycles. The van der Waals surface area contributed by atoms with Gasteiger partial charge in [-0.2, -0.15) is 0 Å². The monoisotopic (exact) mass is 218 g/mol. The molecule has 0 bridgehead atoms. The van der Waals surface area contributed by atoms with Crippen LogP contribution >= 0.6 is 0 Å². The highest BCUT2D eigenvalue weighted by molar-refractivity contribution is 5.71. The van der Waals surface area contributed by atoms with Crippen molar-refractivity contribution in [3.05, 3.63) is 24.2 Å². The molecule has 0 saturated heterocycles. The minimum absolute atomic E-state index is 0.407. The second kappa shape index (κ2) is 4.22. The molecule has 0 unspecified atom stereocenters. The van der Waals surface area contributed by atoms with Crippen molar-refractivity contribution in [2.45, 2.75) is 26.4 Å². The van der Waals surface area contributed by atoms with E-state index < -0.39 is 0 Å². The third kappa shape index (κ3) is 1.93. The molecule has 2 rings (SSSR count). The van der Waals surface area contributed by atoms with Crippen molar-refractivity contribution in [1.82, 2.24) is 19.4 Å². The molecule has 2 aromatic heterocycles. The number of hydrogen-bond donors (Lipinski definition) is 0. The smallest absolute Gasteiger partial charge is 0.177 e. The first-order valence-electron chi connectivity index (χ1n) is 5.56. The van der Waals surface area contributed by atoms with Gasteiger partial charge in [0.15, 0.2) is 5.65 Å². The van der Waals surface area contributed by atoms with Crippen LogP contribution in [0.2, 0.25) is 0 Å². The maximum Gasteiger partial charge on any atom is 0.177 e. The standard InChI is InChI=1S/C12H18N4/c1-9(2)16-10-6-5-7-13-12(10)14-11(16)8-15(3)4/h5-7,9H,8H2,1-4H3. The van der Waals surface area contributed by atoms with Crippen LogP contribution in [0.3, 0.4) is 0 Å². The number of rotatable bonds is 3. The van der Waals surface area contributed by atoms with Gasteiger partial charge in [0, 0.05) is 12.2 Å². The highest BCUT2D eigenvalue weighted by atomic mass is 15.2. The molecule has 0 N–H and O–H groups in total.